The first-order chi connectivity index (χ1) is 8.18. The third-order valence-electron chi connectivity index (χ3n) is 2.31. The zero-order valence-electron chi connectivity index (χ0n) is 9.37. The molecule has 1 aromatic carbocycles. The zero-order valence-corrected chi connectivity index (χ0v) is 9.37. The van der Waals surface area contributed by atoms with Gasteiger partial charge in [0.05, 0.1) is 5.69 Å². The molecule has 1 N–H and O–H groups in total. The summed E-state index contributed by atoms with van der Waals surface area (Å²) in [5.74, 6) is 0.406. The Morgan fingerprint density at radius 1 is 1.12 bits per heavy atom. The lowest BCUT2D eigenvalue weighted by molar-refractivity contribution is 0.204. The molecule has 86 valence electrons. The topological polar surface area (TPSA) is 53.4 Å². The van der Waals surface area contributed by atoms with E-state index in [4.69, 9.17) is 0 Å². The minimum atomic E-state index is -1.05. The summed E-state index contributed by atoms with van der Waals surface area (Å²) >= 11 is 0. The first-order valence-corrected chi connectivity index (χ1v) is 5.20. The van der Waals surface area contributed by atoms with Gasteiger partial charge >= 0.3 is 6.09 Å². The SMILES string of the molecule is Cc1cccc(N(C(=O)O)c2ccccc2)n1. The molecule has 1 aromatic heterocycles. The molecule has 0 radical (unpaired) electrons. The van der Waals surface area contributed by atoms with E-state index >= 15 is 0 Å². The van der Waals surface area contributed by atoms with Crippen LogP contribution >= 0.6 is 0 Å². The predicted molar refractivity (Wildman–Crippen MR) is 65.6 cm³/mol. The molecule has 0 aliphatic rings. The average molecular weight is 228 g/mol. The molecular weight excluding hydrogens is 216 g/mol. The lowest BCUT2D eigenvalue weighted by Gasteiger charge is -2.18. The number of aromatic nitrogens is 1. The van der Waals surface area contributed by atoms with Gasteiger partial charge in [-0.05, 0) is 31.2 Å². The number of nitrogens with zero attached hydrogens (tertiary/aromatic N) is 2. The van der Waals surface area contributed by atoms with E-state index in [2.05, 4.69) is 4.98 Å². The lowest BCUT2D eigenvalue weighted by atomic mass is 10.3. The molecule has 1 amide bonds. The minimum absolute atomic E-state index is 0.406. The maximum atomic E-state index is 11.3. The predicted octanol–water partition coefficient (Wildman–Crippen LogP) is 3.21. The molecule has 0 saturated carbocycles. The second kappa shape index (κ2) is 4.65. The summed E-state index contributed by atoms with van der Waals surface area (Å²) in [5, 5.41) is 9.26. The van der Waals surface area contributed by atoms with Crippen molar-refractivity contribution in [3.05, 3.63) is 54.2 Å². The fraction of sp³-hybridized carbons (Fsp3) is 0.0769. The van der Waals surface area contributed by atoms with Crippen molar-refractivity contribution in [1.29, 1.82) is 0 Å². The monoisotopic (exact) mass is 228 g/mol. The summed E-state index contributed by atoms with van der Waals surface area (Å²) in [6, 6.07) is 14.2. The van der Waals surface area contributed by atoms with Gasteiger partial charge in [0.15, 0.2) is 0 Å². The van der Waals surface area contributed by atoms with Crippen LogP contribution in [0.2, 0.25) is 0 Å². The van der Waals surface area contributed by atoms with Gasteiger partial charge in [0.25, 0.3) is 0 Å². The Morgan fingerprint density at radius 2 is 1.82 bits per heavy atom. The maximum Gasteiger partial charge on any atom is 0.417 e. The van der Waals surface area contributed by atoms with Gasteiger partial charge in [0.2, 0.25) is 0 Å². The summed E-state index contributed by atoms with van der Waals surface area (Å²) in [7, 11) is 0. The number of amides is 1. The third kappa shape index (κ3) is 2.42. The fourth-order valence-electron chi connectivity index (χ4n) is 1.57. The molecule has 0 unspecified atom stereocenters. The highest BCUT2D eigenvalue weighted by molar-refractivity contribution is 5.93. The summed E-state index contributed by atoms with van der Waals surface area (Å²) in [6.07, 6.45) is -1.05. The van der Waals surface area contributed by atoms with Gasteiger partial charge in [0, 0.05) is 5.69 Å². The molecule has 4 nitrogen and oxygen atoms in total. The molecule has 2 rings (SSSR count). The van der Waals surface area contributed by atoms with Crippen LogP contribution in [0.15, 0.2) is 48.5 Å². The Bertz CT molecular complexity index is 526. The standard InChI is InChI=1S/C13H12N2O2/c1-10-6-5-9-12(14-10)15(13(16)17)11-7-3-2-4-8-11/h2-9H,1H3,(H,16,17). The Hall–Kier alpha value is -2.36. The molecule has 0 spiro atoms. The number of benzene rings is 1. The van der Waals surface area contributed by atoms with Crippen molar-refractivity contribution in [2.24, 2.45) is 0 Å². The molecule has 1 heterocycles. The van der Waals surface area contributed by atoms with Gasteiger partial charge in [0.1, 0.15) is 5.82 Å². The molecule has 0 atom stereocenters. The Morgan fingerprint density at radius 3 is 2.41 bits per heavy atom. The lowest BCUT2D eigenvalue weighted by Crippen LogP contribution is -2.24. The smallest absolute Gasteiger partial charge is 0.417 e. The van der Waals surface area contributed by atoms with Crippen LogP contribution in [0.3, 0.4) is 0 Å². The molecule has 0 fully saturated rings. The van der Waals surface area contributed by atoms with Gasteiger partial charge < -0.3 is 5.11 Å². The average Bonchev–Trinajstić information content (AvgIpc) is 2.30. The van der Waals surface area contributed by atoms with E-state index in [1.807, 2.05) is 19.1 Å². The van der Waals surface area contributed by atoms with E-state index in [-0.39, 0.29) is 0 Å². The van der Waals surface area contributed by atoms with Gasteiger partial charge in [-0.15, -0.1) is 0 Å². The van der Waals surface area contributed by atoms with Crippen LogP contribution in [-0.2, 0) is 0 Å². The van der Waals surface area contributed by atoms with Gasteiger partial charge in [-0.2, -0.15) is 0 Å². The number of pyridine rings is 1. The van der Waals surface area contributed by atoms with E-state index in [1.54, 1.807) is 36.4 Å². The van der Waals surface area contributed by atoms with Crippen molar-refractivity contribution in [1.82, 2.24) is 4.98 Å². The molecule has 0 bridgehead atoms. The van der Waals surface area contributed by atoms with Crippen molar-refractivity contribution >= 4 is 17.6 Å². The van der Waals surface area contributed by atoms with Crippen molar-refractivity contribution < 1.29 is 9.90 Å². The number of carbonyl (C=O) groups is 1. The minimum Gasteiger partial charge on any atom is -0.464 e. The van der Waals surface area contributed by atoms with Crippen LogP contribution in [0, 0.1) is 6.92 Å². The summed E-state index contributed by atoms with van der Waals surface area (Å²) in [5.41, 5.74) is 1.36. The molecule has 0 aliphatic heterocycles. The normalized spacial score (nSPS) is 9.94. The summed E-state index contributed by atoms with van der Waals surface area (Å²) < 4.78 is 0. The van der Waals surface area contributed by atoms with E-state index in [9.17, 15) is 9.90 Å². The van der Waals surface area contributed by atoms with Crippen molar-refractivity contribution in [3.8, 4) is 0 Å². The Kier molecular flexibility index (Phi) is 3.05. The molecule has 4 heteroatoms. The number of para-hydroxylation sites is 1. The van der Waals surface area contributed by atoms with Crippen LogP contribution in [0.4, 0.5) is 16.3 Å². The fourth-order valence-corrected chi connectivity index (χ4v) is 1.57. The van der Waals surface area contributed by atoms with Crippen LogP contribution in [0.5, 0.6) is 0 Å². The van der Waals surface area contributed by atoms with Crippen LogP contribution in [0.25, 0.3) is 0 Å². The van der Waals surface area contributed by atoms with E-state index < -0.39 is 6.09 Å². The number of rotatable bonds is 2. The van der Waals surface area contributed by atoms with Crippen LogP contribution in [-0.4, -0.2) is 16.2 Å². The van der Waals surface area contributed by atoms with Crippen LogP contribution < -0.4 is 4.90 Å². The second-order valence-electron chi connectivity index (χ2n) is 3.59. The Labute approximate surface area is 99.2 Å². The molecule has 0 aliphatic carbocycles. The highest BCUT2D eigenvalue weighted by Gasteiger charge is 2.17. The third-order valence-corrected chi connectivity index (χ3v) is 2.31. The maximum absolute atomic E-state index is 11.3. The van der Waals surface area contributed by atoms with Gasteiger partial charge in [-0.1, -0.05) is 24.3 Å². The number of aryl methyl sites for hydroxylation is 1. The van der Waals surface area contributed by atoms with Crippen molar-refractivity contribution in [3.63, 3.8) is 0 Å². The van der Waals surface area contributed by atoms with Crippen molar-refractivity contribution in [2.45, 2.75) is 6.92 Å². The summed E-state index contributed by atoms with van der Waals surface area (Å²) in [6.45, 7) is 1.83. The number of hydrogen-bond donors (Lipinski definition) is 1. The zero-order chi connectivity index (χ0) is 12.3. The van der Waals surface area contributed by atoms with E-state index in [1.165, 1.54) is 0 Å². The van der Waals surface area contributed by atoms with E-state index in [0.717, 1.165) is 10.6 Å². The first kappa shape index (κ1) is 11.1. The van der Waals surface area contributed by atoms with Gasteiger partial charge in [-0.25, -0.2) is 14.7 Å². The number of carboxylic acid groups (broad SMARTS) is 1. The summed E-state index contributed by atoms with van der Waals surface area (Å²) in [4.78, 5) is 16.7. The molecular formula is C13H12N2O2. The highest BCUT2D eigenvalue weighted by atomic mass is 16.4. The second-order valence-corrected chi connectivity index (χ2v) is 3.59. The Balaban J connectivity index is 2.47. The molecule has 2 aromatic rings. The van der Waals surface area contributed by atoms with Crippen LogP contribution in [0.1, 0.15) is 5.69 Å². The highest BCUT2D eigenvalue weighted by Crippen LogP contribution is 2.23. The first-order valence-electron chi connectivity index (χ1n) is 5.20. The largest absolute Gasteiger partial charge is 0.464 e. The quantitative estimate of drug-likeness (QED) is 0.858. The molecule has 17 heavy (non-hydrogen) atoms. The van der Waals surface area contributed by atoms with Gasteiger partial charge in [-0.3, -0.25) is 0 Å². The molecule has 0 saturated heterocycles. The number of hydrogen-bond acceptors (Lipinski definition) is 2. The van der Waals surface area contributed by atoms with Crippen molar-refractivity contribution in [2.75, 3.05) is 4.90 Å². The number of anilines is 2. The van der Waals surface area contributed by atoms with E-state index in [0.29, 0.717) is 11.5 Å².